The lowest BCUT2D eigenvalue weighted by Gasteiger charge is -2.05. The van der Waals surface area contributed by atoms with E-state index in [2.05, 4.69) is 11.8 Å². The first kappa shape index (κ1) is 9.53. The fraction of sp³-hybridized carbons (Fsp3) is 1.00. The van der Waals surface area contributed by atoms with E-state index < -0.39 is 6.49 Å². The minimum Gasteiger partial charge on any atom is -0.381 e. The molecule has 9 heavy (non-hydrogen) atoms. The molecule has 0 aromatic heterocycles. The van der Waals surface area contributed by atoms with Crippen molar-refractivity contribution in [2.45, 2.75) is 6.92 Å². The zero-order chi connectivity index (χ0) is 7.33. The molecule has 0 amide bonds. The van der Waals surface area contributed by atoms with E-state index in [1.807, 2.05) is 6.92 Å². The highest BCUT2D eigenvalue weighted by atomic mass is 32.5. The Kier molecular flexibility index (Phi) is 4.62. The van der Waals surface area contributed by atoms with Gasteiger partial charge in [-0.3, -0.25) is 0 Å². The van der Waals surface area contributed by atoms with Gasteiger partial charge in [-0.05, 0) is 18.7 Å². The van der Waals surface area contributed by atoms with E-state index in [9.17, 15) is 0 Å². The van der Waals surface area contributed by atoms with Crippen molar-refractivity contribution < 1.29 is 14.5 Å². The van der Waals surface area contributed by atoms with Crippen LogP contribution in [-0.4, -0.2) is 29.2 Å². The van der Waals surface area contributed by atoms with Crippen LogP contribution in [0.2, 0.25) is 0 Å². The molecule has 5 heteroatoms. The van der Waals surface area contributed by atoms with E-state index in [-0.39, 0.29) is 6.16 Å². The van der Waals surface area contributed by atoms with Crippen LogP contribution >= 0.6 is 6.49 Å². The van der Waals surface area contributed by atoms with Gasteiger partial charge in [-0.25, -0.2) is 0 Å². The zero-order valence-corrected chi connectivity index (χ0v) is 6.99. The van der Waals surface area contributed by atoms with Crippen LogP contribution in [0.4, 0.5) is 0 Å². The van der Waals surface area contributed by atoms with Crippen molar-refractivity contribution in [3.8, 4) is 0 Å². The van der Waals surface area contributed by atoms with Gasteiger partial charge < -0.3 is 14.5 Å². The van der Waals surface area contributed by atoms with Crippen LogP contribution in [0.1, 0.15) is 6.92 Å². The Morgan fingerprint density at radius 1 is 1.56 bits per heavy atom. The molecule has 0 fully saturated rings. The molecule has 0 unspecified atom stereocenters. The number of rotatable bonds is 4. The van der Waals surface area contributed by atoms with Crippen LogP contribution in [0.5, 0.6) is 0 Å². The lowest BCUT2D eigenvalue weighted by molar-refractivity contribution is 0.161. The van der Waals surface area contributed by atoms with Crippen molar-refractivity contribution in [2.75, 3.05) is 19.4 Å². The Morgan fingerprint density at radius 3 is 2.44 bits per heavy atom. The van der Waals surface area contributed by atoms with Crippen molar-refractivity contribution in [3.63, 3.8) is 0 Å². The molecule has 56 valence electrons. The molecule has 0 rings (SSSR count). The Labute approximate surface area is 59.8 Å². The molecule has 2 N–H and O–H groups in total. The molecular weight excluding hydrogens is 159 g/mol. The third-order valence-electron chi connectivity index (χ3n) is 0.731. The molecule has 0 saturated carbocycles. The molecule has 3 nitrogen and oxygen atoms in total. The fourth-order valence-electron chi connectivity index (χ4n) is 0.328. The Balaban J connectivity index is 3.18. The second-order valence-corrected chi connectivity index (χ2v) is 5.12. The van der Waals surface area contributed by atoms with E-state index in [0.29, 0.717) is 13.2 Å². The summed E-state index contributed by atoms with van der Waals surface area (Å²) in [6, 6.07) is 0. The second kappa shape index (κ2) is 4.36. The highest BCUT2D eigenvalue weighted by Gasteiger charge is 2.04. The maximum absolute atomic E-state index is 8.65. The van der Waals surface area contributed by atoms with Crippen molar-refractivity contribution in [1.29, 1.82) is 0 Å². The molecule has 0 aromatic rings. The summed E-state index contributed by atoms with van der Waals surface area (Å²) in [5.41, 5.74) is 0. The molecule has 0 aliphatic heterocycles. The lowest BCUT2D eigenvalue weighted by atomic mass is 10.8. The fourth-order valence-corrected chi connectivity index (χ4v) is 0.918. The first-order chi connectivity index (χ1) is 4.06. The molecule has 0 spiro atoms. The van der Waals surface area contributed by atoms with Crippen LogP contribution in [0.15, 0.2) is 0 Å². The molecule has 0 heterocycles. The van der Waals surface area contributed by atoms with E-state index in [0.717, 1.165) is 0 Å². The highest BCUT2D eigenvalue weighted by Crippen LogP contribution is 2.33. The number of hydrogen-bond donors (Lipinski definition) is 2. The summed E-state index contributed by atoms with van der Waals surface area (Å²) >= 11 is 4.34. The van der Waals surface area contributed by atoms with E-state index in [1.54, 1.807) is 0 Å². The number of hydrogen-bond acceptors (Lipinski definition) is 2. The van der Waals surface area contributed by atoms with Gasteiger partial charge >= 0.3 is 0 Å². The van der Waals surface area contributed by atoms with Gasteiger partial charge in [0.25, 0.3) is 0 Å². The second-order valence-electron chi connectivity index (χ2n) is 1.59. The van der Waals surface area contributed by atoms with Crippen LogP contribution in [0, 0.1) is 0 Å². The van der Waals surface area contributed by atoms with Gasteiger partial charge in [0.05, 0.1) is 6.61 Å². The van der Waals surface area contributed by atoms with Gasteiger partial charge in [0.1, 0.15) is 0 Å². The zero-order valence-electron chi connectivity index (χ0n) is 5.28. The van der Waals surface area contributed by atoms with Gasteiger partial charge in [0.2, 0.25) is 0 Å². The average Bonchev–Trinajstić information content (AvgIpc) is 1.63. The topological polar surface area (TPSA) is 49.7 Å². The maximum atomic E-state index is 8.65. The van der Waals surface area contributed by atoms with E-state index in [4.69, 9.17) is 14.5 Å². The van der Waals surface area contributed by atoms with Crippen LogP contribution in [0.25, 0.3) is 0 Å². The van der Waals surface area contributed by atoms with E-state index in [1.165, 1.54) is 0 Å². The van der Waals surface area contributed by atoms with Gasteiger partial charge in [-0.2, -0.15) is 0 Å². The van der Waals surface area contributed by atoms with E-state index >= 15 is 0 Å². The van der Waals surface area contributed by atoms with Crippen LogP contribution in [-0.2, 0) is 16.5 Å². The summed E-state index contributed by atoms with van der Waals surface area (Å²) in [5, 5.41) is 0. The molecule has 0 bridgehead atoms. The Bertz CT molecular complexity index is 110. The largest absolute Gasteiger partial charge is 0.381 e. The molecule has 0 aliphatic carbocycles. The predicted octanol–water partition coefficient (Wildman–Crippen LogP) is 0.317. The third kappa shape index (κ3) is 8.53. The predicted molar refractivity (Wildman–Crippen MR) is 40.1 cm³/mol. The van der Waals surface area contributed by atoms with Gasteiger partial charge in [0, 0.05) is 12.8 Å². The summed E-state index contributed by atoms with van der Waals surface area (Å²) in [4.78, 5) is 17.3. The lowest BCUT2D eigenvalue weighted by Crippen LogP contribution is -1.99. The SMILES string of the molecule is CCOCCP(O)(O)=S. The molecule has 0 radical (unpaired) electrons. The standard InChI is InChI=1S/C4H11O3PS/c1-2-7-3-4-8(5,6)9/h2-4H2,1H3,(H2,5,6,9). The van der Waals surface area contributed by atoms with Crippen LogP contribution in [0.3, 0.4) is 0 Å². The smallest absolute Gasteiger partial charge is 0.185 e. The summed E-state index contributed by atoms with van der Waals surface area (Å²) < 4.78 is 4.85. The normalized spacial score (nSPS) is 11.9. The van der Waals surface area contributed by atoms with Gasteiger partial charge in [0.15, 0.2) is 6.49 Å². The Morgan fingerprint density at radius 2 is 2.11 bits per heavy atom. The molecule has 0 atom stereocenters. The third-order valence-corrected chi connectivity index (χ3v) is 2.04. The first-order valence-electron chi connectivity index (χ1n) is 2.68. The average molecular weight is 170 g/mol. The summed E-state index contributed by atoms with van der Waals surface area (Å²) in [5.74, 6) is 0. The maximum Gasteiger partial charge on any atom is 0.185 e. The minimum atomic E-state index is -2.99. The molecule has 0 aromatic carbocycles. The van der Waals surface area contributed by atoms with Crippen molar-refractivity contribution >= 4 is 18.3 Å². The van der Waals surface area contributed by atoms with Crippen molar-refractivity contribution in [3.05, 3.63) is 0 Å². The molecule has 0 aliphatic rings. The summed E-state index contributed by atoms with van der Waals surface area (Å²) in [7, 11) is 0. The highest BCUT2D eigenvalue weighted by molar-refractivity contribution is 8.09. The monoisotopic (exact) mass is 170 g/mol. The number of ether oxygens (including phenoxy) is 1. The quantitative estimate of drug-likeness (QED) is 0.471. The van der Waals surface area contributed by atoms with Gasteiger partial charge in [-0.1, -0.05) is 0 Å². The van der Waals surface area contributed by atoms with Gasteiger partial charge in [-0.15, -0.1) is 0 Å². The Hall–Kier alpha value is 0.530. The summed E-state index contributed by atoms with van der Waals surface area (Å²) in [6.45, 7) is -0.201. The first-order valence-corrected chi connectivity index (χ1v) is 5.58. The van der Waals surface area contributed by atoms with Crippen molar-refractivity contribution in [1.82, 2.24) is 0 Å². The summed E-state index contributed by atoms with van der Waals surface area (Å²) in [6.07, 6.45) is 0.191. The molecular formula is C4H11O3PS. The minimum absolute atomic E-state index is 0.191. The van der Waals surface area contributed by atoms with Crippen molar-refractivity contribution in [2.24, 2.45) is 0 Å². The molecule has 0 saturated heterocycles. The van der Waals surface area contributed by atoms with Crippen LogP contribution < -0.4 is 0 Å².